The number of aromatic hydroxyl groups is 1. The Morgan fingerprint density at radius 3 is 2.68 bits per heavy atom. The van der Waals surface area contributed by atoms with E-state index in [1.807, 2.05) is 12.4 Å². The van der Waals surface area contributed by atoms with Crippen molar-refractivity contribution in [1.82, 2.24) is 15.2 Å². The molecule has 1 unspecified atom stereocenters. The fourth-order valence-electron chi connectivity index (χ4n) is 3.33. The second-order valence-corrected chi connectivity index (χ2v) is 6.75. The molecule has 0 radical (unpaired) electrons. The molecule has 1 aromatic carbocycles. The van der Waals surface area contributed by atoms with Crippen molar-refractivity contribution in [2.45, 2.75) is 25.8 Å². The number of hydrogen-bond donors (Lipinski definition) is 2. The van der Waals surface area contributed by atoms with Crippen LogP contribution < -0.4 is 5.32 Å². The lowest BCUT2D eigenvalue weighted by atomic mass is 9.97. The number of carbonyl (C=O) groups excluding carboxylic acids is 1. The number of nitrogens with one attached hydrogen (secondary N) is 1. The first-order chi connectivity index (χ1) is 12.2. The Morgan fingerprint density at radius 1 is 1.16 bits per heavy atom. The zero-order valence-corrected chi connectivity index (χ0v) is 14.4. The van der Waals surface area contributed by atoms with Crippen LogP contribution in [-0.2, 0) is 17.8 Å². The van der Waals surface area contributed by atoms with E-state index in [0.717, 1.165) is 38.2 Å². The number of phenolic OH excluding ortho intramolecular Hbond substituents is 1. The van der Waals surface area contributed by atoms with E-state index in [4.69, 9.17) is 0 Å². The van der Waals surface area contributed by atoms with E-state index >= 15 is 0 Å². The van der Waals surface area contributed by atoms with Gasteiger partial charge in [-0.15, -0.1) is 0 Å². The quantitative estimate of drug-likeness (QED) is 0.848. The molecule has 0 spiro atoms. The van der Waals surface area contributed by atoms with E-state index in [2.05, 4.69) is 27.3 Å². The first-order valence-corrected chi connectivity index (χ1v) is 8.85. The Hall–Kier alpha value is -2.40. The van der Waals surface area contributed by atoms with Crippen LogP contribution in [0.5, 0.6) is 5.75 Å². The Kier molecular flexibility index (Phi) is 6.01. The zero-order valence-electron chi connectivity index (χ0n) is 14.4. The Labute approximate surface area is 148 Å². The molecule has 5 nitrogen and oxygen atoms in total. The van der Waals surface area contributed by atoms with Crippen LogP contribution >= 0.6 is 0 Å². The molecule has 0 bridgehead atoms. The molecule has 3 rings (SSSR count). The summed E-state index contributed by atoms with van der Waals surface area (Å²) >= 11 is 0. The highest BCUT2D eigenvalue weighted by Gasteiger charge is 2.20. The van der Waals surface area contributed by atoms with Gasteiger partial charge in [0.05, 0.1) is 6.42 Å². The maximum absolute atomic E-state index is 12.1. The molecule has 5 heteroatoms. The number of phenols is 1. The first kappa shape index (κ1) is 17.4. The van der Waals surface area contributed by atoms with Crippen molar-refractivity contribution in [3.05, 3.63) is 59.9 Å². The van der Waals surface area contributed by atoms with E-state index in [-0.39, 0.29) is 11.7 Å². The van der Waals surface area contributed by atoms with E-state index in [1.54, 1.807) is 24.3 Å². The van der Waals surface area contributed by atoms with Crippen LogP contribution in [-0.4, -0.2) is 40.5 Å². The zero-order chi connectivity index (χ0) is 17.5. The summed E-state index contributed by atoms with van der Waals surface area (Å²) in [5.74, 6) is 0.761. The summed E-state index contributed by atoms with van der Waals surface area (Å²) in [7, 11) is 0. The molecule has 25 heavy (non-hydrogen) atoms. The summed E-state index contributed by atoms with van der Waals surface area (Å²) in [6.07, 6.45) is 6.35. The molecule has 1 atom stereocenters. The summed E-state index contributed by atoms with van der Waals surface area (Å²) in [4.78, 5) is 18.6. The SMILES string of the molecule is O=C(Cc1ccc(O)cc1)NCC1CCCN(Cc2ccncc2)C1. The maximum atomic E-state index is 12.1. The standard InChI is InChI=1S/C20H25N3O2/c24-19-5-3-16(4-6-19)12-20(25)22-13-18-2-1-11-23(15-18)14-17-7-9-21-10-8-17/h3-10,18,24H,1-2,11-15H2,(H,22,25). The van der Waals surface area contributed by atoms with E-state index in [1.165, 1.54) is 12.0 Å². The number of nitrogens with zero attached hydrogens (tertiary/aromatic N) is 2. The number of pyridine rings is 1. The van der Waals surface area contributed by atoms with Crippen LogP contribution in [0, 0.1) is 5.92 Å². The molecule has 1 aliphatic rings. The maximum Gasteiger partial charge on any atom is 0.224 e. The third-order valence-electron chi connectivity index (χ3n) is 4.65. The molecule has 1 aromatic heterocycles. The number of piperidine rings is 1. The van der Waals surface area contributed by atoms with Gasteiger partial charge in [-0.1, -0.05) is 12.1 Å². The smallest absolute Gasteiger partial charge is 0.224 e. The van der Waals surface area contributed by atoms with Gasteiger partial charge >= 0.3 is 0 Å². The summed E-state index contributed by atoms with van der Waals surface area (Å²) < 4.78 is 0. The summed E-state index contributed by atoms with van der Waals surface area (Å²) in [5, 5.41) is 12.3. The van der Waals surface area contributed by atoms with Crippen LogP contribution in [0.2, 0.25) is 0 Å². The lowest BCUT2D eigenvalue weighted by Gasteiger charge is -2.32. The van der Waals surface area contributed by atoms with Gasteiger partial charge in [-0.2, -0.15) is 0 Å². The lowest BCUT2D eigenvalue weighted by Crippen LogP contribution is -2.40. The van der Waals surface area contributed by atoms with Gasteiger partial charge in [-0.05, 0) is 60.7 Å². The topological polar surface area (TPSA) is 65.5 Å². The van der Waals surface area contributed by atoms with Gasteiger partial charge < -0.3 is 10.4 Å². The van der Waals surface area contributed by atoms with Gasteiger partial charge in [-0.3, -0.25) is 14.7 Å². The van der Waals surface area contributed by atoms with E-state index in [9.17, 15) is 9.90 Å². The van der Waals surface area contributed by atoms with Crippen LogP contribution in [0.15, 0.2) is 48.8 Å². The Morgan fingerprint density at radius 2 is 1.92 bits per heavy atom. The molecule has 1 saturated heterocycles. The van der Waals surface area contributed by atoms with Gasteiger partial charge in [0.25, 0.3) is 0 Å². The third-order valence-corrected chi connectivity index (χ3v) is 4.65. The van der Waals surface area contributed by atoms with E-state index in [0.29, 0.717) is 12.3 Å². The van der Waals surface area contributed by atoms with Crippen LogP contribution in [0.25, 0.3) is 0 Å². The average molecular weight is 339 g/mol. The van der Waals surface area contributed by atoms with Crippen molar-refractivity contribution in [1.29, 1.82) is 0 Å². The fourth-order valence-corrected chi connectivity index (χ4v) is 3.33. The number of likely N-dealkylation sites (tertiary alicyclic amines) is 1. The lowest BCUT2D eigenvalue weighted by molar-refractivity contribution is -0.120. The minimum absolute atomic E-state index is 0.0388. The summed E-state index contributed by atoms with van der Waals surface area (Å²) in [5.41, 5.74) is 2.20. The number of benzene rings is 1. The molecular weight excluding hydrogens is 314 g/mol. The van der Waals surface area contributed by atoms with Gasteiger partial charge in [-0.25, -0.2) is 0 Å². The van der Waals surface area contributed by atoms with Gasteiger partial charge in [0.1, 0.15) is 5.75 Å². The van der Waals surface area contributed by atoms with Gasteiger partial charge in [0, 0.05) is 32.0 Å². The number of rotatable bonds is 6. The molecule has 1 fully saturated rings. The average Bonchev–Trinajstić information content (AvgIpc) is 2.63. The predicted molar refractivity (Wildman–Crippen MR) is 97.1 cm³/mol. The normalized spacial score (nSPS) is 18.0. The van der Waals surface area contributed by atoms with Crippen LogP contribution in [0.1, 0.15) is 24.0 Å². The van der Waals surface area contributed by atoms with Crippen molar-refractivity contribution in [3.63, 3.8) is 0 Å². The number of aromatic nitrogens is 1. The first-order valence-electron chi connectivity index (χ1n) is 8.85. The fraction of sp³-hybridized carbons (Fsp3) is 0.400. The van der Waals surface area contributed by atoms with E-state index < -0.39 is 0 Å². The number of amides is 1. The minimum Gasteiger partial charge on any atom is -0.508 e. The molecule has 2 N–H and O–H groups in total. The molecule has 0 saturated carbocycles. The largest absolute Gasteiger partial charge is 0.508 e. The Bertz CT molecular complexity index is 673. The van der Waals surface area contributed by atoms with Crippen molar-refractivity contribution < 1.29 is 9.90 Å². The number of hydrogen-bond acceptors (Lipinski definition) is 4. The van der Waals surface area contributed by atoms with Gasteiger partial charge in [0.15, 0.2) is 0 Å². The second kappa shape index (κ2) is 8.62. The third kappa shape index (κ3) is 5.57. The Balaban J connectivity index is 1.43. The van der Waals surface area contributed by atoms with Crippen molar-refractivity contribution >= 4 is 5.91 Å². The monoisotopic (exact) mass is 339 g/mol. The predicted octanol–water partition coefficient (Wildman–Crippen LogP) is 2.36. The van der Waals surface area contributed by atoms with Gasteiger partial charge in [0.2, 0.25) is 5.91 Å². The molecular formula is C20H25N3O2. The molecule has 2 heterocycles. The van der Waals surface area contributed by atoms with Crippen molar-refractivity contribution in [2.24, 2.45) is 5.92 Å². The molecule has 0 aliphatic carbocycles. The minimum atomic E-state index is 0.0388. The highest BCUT2D eigenvalue weighted by atomic mass is 16.3. The summed E-state index contributed by atoms with van der Waals surface area (Å²) in [6, 6.07) is 10.9. The highest BCUT2D eigenvalue weighted by Crippen LogP contribution is 2.18. The molecule has 132 valence electrons. The van der Waals surface area contributed by atoms with Crippen molar-refractivity contribution in [2.75, 3.05) is 19.6 Å². The van der Waals surface area contributed by atoms with Crippen molar-refractivity contribution in [3.8, 4) is 5.75 Å². The molecule has 2 aromatic rings. The molecule has 1 amide bonds. The van der Waals surface area contributed by atoms with Crippen LogP contribution in [0.3, 0.4) is 0 Å². The van der Waals surface area contributed by atoms with Crippen LogP contribution in [0.4, 0.5) is 0 Å². The summed E-state index contributed by atoms with van der Waals surface area (Å²) in [6.45, 7) is 3.80. The molecule has 1 aliphatic heterocycles. The second-order valence-electron chi connectivity index (χ2n) is 6.75. The number of carbonyl (C=O) groups is 1. The highest BCUT2D eigenvalue weighted by molar-refractivity contribution is 5.78.